The zero-order valence-electron chi connectivity index (χ0n) is 30.3. The SMILES string of the molecule is CC(C)CCCC(=O)Nc1cc(C(=O)Nc2ccc(NC(=O)[C@H](C)NC(=O)[C@@H](NC(=O)CCCCCN3C(=O)C=CC3=O)C(C)C)cc2)n(C)c1. The van der Waals surface area contributed by atoms with Crippen LogP contribution >= 0.6 is 0 Å². The number of rotatable bonds is 19. The number of carbonyl (C=O) groups excluding carboxylic acids is 7. The van der Waals surface area contributed by atoms with Crippen LogP contribution in [0, 0.1) is 11.8 Å². The van der Waals surface area contributed by atoms with E-state index in [2.05, 4.69) is 40.4 Å². The van der Waals surface area contributed by atoms with Gasteiger partial charge in [-0.05, 0) is 68.4 Å². The largest absolute Gasteiger partial charge is 0.344 e. The second-order valence-corrected chi connectivity index (χ2v) is 13.6. The molecule has 5 N–H and O–H groups in total. The van der Waals surface area contributed by atoms with Gasteiger partial charge in [0, 0.05) is 56.2 Å². The van der Waals surface area contributed by atoms with Crippen LogP contribution in [-0.2, 0) is 35.8 Å². The number of unbranched alkanes of at least 4 members (excludes halogenated alkanes) is 2. The summed E-state index contributed by atoms with van der Waals surface area (Å²) in [5.41, 5.74) is 1.83. The van der Waals surface area contributed by atoms with Gasteiger partial charge in [0.2, 0.25) is 23.6 Å². The van der Waals surface area contributed by atoms with Crippen LogP contribution in [0.25, 0.3) is 0 Å². The number of aromatic nitrogens is 1. The van der Waals surface area contributed by atoms with Crippen molar-refractivity contribution >= 4 is 58.4 Å². The molecule has 2 heterocycles. The third-order valence-corrected chi connectivity index (χ3v) is 8.32. The van der Waals surface area contributed by atoms with Crippen molar-refractivity contribution in [3.05, 3.63) is 54.4 Å². The molecule has 0 radical (unpaired) electrons. The van der Waals surface area contributed by atoms with Crippen molar-refractivity contribution in [2.24, 2.45) is 18.9 Å². The molecule has 1 aliphatic rings. The molecule has 51 heavy (non-hydrogen) atoms. The maximum atomic E-state index is 13.0. The number of benzene rings is 1. The lowest BCUT2D eigenvalue weighted by molar-refractivity contribution is -0.137. The molecule has 1 aliphatic heterocycles. The second kappa shape index (κ2) is 19.2. The predicted octanol–water partition coefficient (Wildman–Crippen LogP) is 4.11. The van der Waals surface area contributed by atoms with Crippen LogP contribution in [0.4, 0.5) is 17.1 Å². The minimum Gasteiger partial charge on any atom is -0.344 e. The molecular formula is C37H51N7O7. The highest BCUT2D eigenvalue weighted by Gasteiger charge is 2.27. The Kier molecular flexibility index (Phi) is 15.1. The zero-order chi connectivity index (χ0) is 37.7. The number of hydrogen-bond donors (Lipinski definition) is 5. The highest BCUT2D eigenvalue weighted by Crippen LogP contribution is 2.19. The Hall–Kier alpha value is -5.27. The highest BCUT2D eigenvalue weighted by atomic mass is 16.2. The van der Waals surface area contributed by atoms with Gasteiger partial charge in [-0.2, -0.15) is 0 Å². The maximum Gasteiger partial charge on any atom is 0.272 e. The van der Waals surface area contributed by atoms with Gasteiger partial charge in [-0.3, -0.25) is 38.5 Å². The second-order valence-electron chi connectivity index (χ2n) is 13.6. The van der Waals surface area contributed by atoms with Crippen LogP contribution in [-0.4, -0.2) is 69.4 Å². The molecule has 3 rings (SSSR count). The van der Waals surface area contributed by atoms with Crippen LogP contribution in [0.15, 0.2) is 48.7 Å². The van der Waals surface area contributed by atoms with E-state index in [1.807, 2.05) is 0 Å². The monoisotopic (exact) mass is 705 g/mol. The Balaban J connectivity index is 1.42. The van der Waals surface area contributed by atoms with Crippen molar-refractivity contribution in [3.8, 4) is 0 Å². The van der Waals surface area contributed by atoms with Gasteiger partial charge >= 0.3 is 0 Å². The van der Waals surface area contributed by atoms with Gasteiger partial charge in [0.15, 0.2) is 0 Å². The molecule has 0 saturated carbocycles. The van der Waals surface area contributed by atoms with Gasteiger partial charge in [0.05, 0.1) is 5.69 Å². The Morgan fingerprint density at radius 2 is 1.29 bits per heavy atom. The molecule has 1 aromatic heterocycles. The summed E-state index contributed by atoms with van der Waals surface area (Å²) in [6.45, 7) is 9.63. The summed E-state index contributed by atoms with van der Waals surface area (Å²) in [6.07, 6.45) is 8.22. The number of aryl methyl sites for hydroxylation is 1. The van der Waals surface area contributed by atoms with Crippen LogP contribution < -0.4 is 26.6 Å². The Morgan fingerprint density at radius 1 is 0.686 bits per heavy atom. The lowest BCUT2D eigenvalue weighted by Crippen LogP contribution is -2.53. The van der Waals surface area contributed by atoms with E-state index in [0.717, 1.165) is 17.7 Å². The molecule has 7 amide bonds. The minimum absolute atomic E-state index is 0.0994. The van der Waals surface area contributed by atoms with Crippen LogP contribution in [0.1, 0.15) is 90.1 Å². The molecule has 0 bridgehead atoms. The molecule has 1 aromatic carbocycles. The highest BCUT2D eigenvalue weighted by molar-refractivity contribution is 6.12. The first-order valence-electron chi connectivity index (χ1n) is 17.5. The summed E-state index contributed by atoms with van der Waals surface area (Å²) in [4.78, 5) is 88.1. The summed E-state index contributed by atoms with van der Waals surface area (Å²) in [5, 5.41) is 13.8. The van der Waals surface area contributed by atoms with Crippen molar-refractivity contribution in [3.63, 3.8) is 0 Å². The van der Waals surface area contributed by atoms with Crippen molar-refractivity contribution in [1.82, 2.24) is 20.1 Å². The standard InChI is InChI=1S/C37H51N7O7/c1-23(2)11-10-13-30(45)39-28-21-29(43(6)22-28)36(50)41-27-16-14-26(15-17-27)40-35(49)25(5)38-37(51)34(24(3)4)42-31(46)12-8-7-9-20-44-32(47)18-19-33(44)48/h14-19,21-25,34H,7-13,20H2,1-6H3,(H,38,51)(H,39,45)(H,40,49)(H,41,50)(H,42,46)/t25-,34-/m0/s1. The quantitative estimate of drug-likeness (QED) is 0.107. The van der Waals surface area contributed by atoms with Gasteiger partial charge in [0.1, 0.15) is 17.8 Å². The first kappa shape index (κ1) is 40.2. The number of hydrogen-bond acceptors (Lipinski definition) is 7. The average molecular weight is 706 g/mol. The van der Waals surface area contributed by atoms with Gasteiger partial charge < -0.3 is 31.2 Å². The fourth-order valence-electron chi connectivity index (χ4n) is 5.37. The average Bonchev–Trinajstić information content (AvgIpc) is 3.59. The molecule has 0 fully saturated rings. The van der Waals surface area contributed by atoms with Crippen molar-refractivity contribution in [2.45, 2.75) is 91.6 Å². The van der Waals surface area contributed by atoms with E-state index in [-0.39, 0.29) is 41.9 Å². The van der Waals surface area contributed by atoms with Crippen molar-refractivity contribution in [1.29, 1.82) is 0 Å². The van der Waals surface area contributed by atoms with E-state index in [1.165, 1.54) is 19.1 Å². The normalized spacial score (nSPS) is 13.7. The molecule has 2 aromatic rings. The first-order valence-corrected chi connectivity index (χ1v) is 17.5. The molecule has 14 heteroatoms. The van der Waals surface area contributed by atoms with E-state index in [9.17, 15) is 33.6 Å². The van der Waals surface area contributed by atoms with Crippen LogP contribution in [0.5, 0.6) is 0 Å². The third-order valence-electron chi connectivity index (χ3n) is 8.32. The molecule has 14 nitrogen and oxygen atoms in total. The Bertz CT molecular complexity index is 1590. The van der Waals surface area contributed by atoms with Gasteiger partial charge in [-0.15, -0.1) is 0 Å². The number of nitrogens with zero attached hydrogens (tertiary/aromatic N) is 2. The maximum absolute atomic E-state index is 13.0. The van der Waals surface area contributed by atoms with Crippen molar-refractivity contribution < 1.29 is 33.6 Å². The summed E-state index contributed by atoms with van der Waals surface area (Å²) in [7, 11) is 1.72. The number of amides is 7. The minimum atomic E-state index is -0.914. The Morgan fingerprint density at radius 3 is 1.90 bits per heavy atom. The van der Waals surface area contributed by atoms with Crippen LogP contribution in [0.3, 0.4) is 0 Å². The number of carbonyl (C=O) groups is 7. The van der Waals surface area contributed by atoms with E-state index in [1.54, 1.807) is 62.0 Å². The van der Waals surface area contributed by atoms with Gasteiger partial charge in [0.25, 0.3) is 17.7 Å². The summed E-state index contributed by atoms with van der Waals surface area (Å²) >= 11 is 0. The smallest absolute Gasteiger partial charge is 0.272 e. The van der Waals surface area contributed by atoms with E-state index in [0.29, 0.717) is 60.9 Å². The summed E-state index contributed by atoms with van der Waals surface area (Å²) in [6, 6.07) is 6.33. The topological polar surface area (TPSA) is 188 Å². The third kappa shape index (κ3) is 12.8. The Labute approximate surface area is 299 Å². The lowest BCUT2D eigenvalue weighted by Gasteiger charge is -2.24. The fraction of sp³-hybridized carbons (Fsp3) is 0.486. The molecule has 0 aliphatic carbocycles. The first-order chi connectivity index (χ1) is 24.1. The van der Waals surface area contributed by atoms with Gasteiger partial charge in [-0.25, -0.2) is 0 Å². The van der Waals surface area contributed by atoms with E-state index >= 15 is 0 Å². The van der Waals surface area contributed by atoms with E-state index < -0.39 is 23.9 Å². The van der Waals surface area contributed by atoms with E-state index in [4.69, 9.17) is 0 Å². The fourth-order valence-corrected chi connectivity index (χ4v) is 5.37. The molecule has 0 unspecified atom stereocenters. The lowest BCUT2D eigenvalue weighted by atomic mass is 10.0. The number of anilines is 3. The number of imide groups is 1. The molecular weight excluding hydrogens is 654 g/mol. The molecule has 276 valence electrons. The molecule has 2 atom stereocenters. The number of nitrogens with one attached hydrogen (secondary N) is 5. The van der Waals surface area contributed by atoms with Crippen LogP contribution in [0.2, 0.25) is 0 Å². The molecule has 0 spiro atoms. The summed E-state index contributed by atoms with van der Waals surface area (Å²) < 4.78 is 1.63. The van der Waals surface area contributed by atoms with Gasteiger partial charge in [-0.1, -0.05) is 40.5 Å². The summed E-state index contributed by atoms with van der Waals surface area (Å²) in [5.74, 6) is -2.13. The molecule has 0 saturated heterocycles. The zero-order valence-corrected chi connectivity index (χ0v) is 30.3. The van der Waals surface area contributed by atoms with Crippen molar-refractivity contribution in [2.75, 3.05) is 22.5 Å². The predicted molar refractivity (Wildman–Crippen MR) is 194 cm³/mol.